The molecule has 1 N–H and O–H groups in total. The lowest BCUT2D eigenvalue weighted by Gasteiger charge is -2.13. The minimum absolute atomic E-state index is 0.164. The molecule has 0 atom stereocenters. The molecule has 0 saturated carbocycles. The van der Waals surface area contributed by atoms with Crippen LogP contribution in [0.5, 0.6) is 11.5 Å². The van der Waals surface area contributed by atoms with Gasteiger partial charge in [-0.05, 0) is 67.8 Å². The average Bonchev–Trinajstić information content (AvgIpc) is 3.29. The van der Waals surface area contributed by atoms with E-state index in [9.17, 15) is 4.79 Å². The predicted molar refractivity (Wildman–Crippen MR) is 154 cm³/mol. The number of carbonyl (C=O) groups is 1. The number of carbonyl (C=O) groups excluding carboxylic acids is 1. The van der Waals surface area contributed by atoms with Crippen LogP contribution in [0.3, 0.4) is 0 Å². The van der Waals surface area contributed by atoms with Crippen LogP contribution in [0.1, 0.15) is 58.8 Å². The number of hydrogen-bond donors (Lipinski definition) is 1. The number of nitrogens with one attached hydrogen (secondary N) is 1. The molecule has 200 valence electrons. The van der Waals surface area contributed by atoms with Crippen molar-refractivity contribution >= 4 is 17.7 Å². The Balaban J connectivity index is 1.77. The van der Waals surface area contributed by atoms with Gasteiger partial charge < -0.3 is 19.4 Å². The van der Waals surface area contributed by atoms with Gasteiger partial charge in [-0.15, -0.1) is 0 Å². The summed E-state index contributed by atoms with van der Waals surface area (Å²) in [6.45, 7) is 5.95. The smallest absolute Gasteiger partial charge is 0.219 e. The fraction of sp³-hybridized carbons (Fsp3) is 0.467. The molecule has 0 unspecified atom stereocenters. The van der Waals surface area contributed by atoms with E-state index >= 15 is 0 Å². The van der Waals surface area contributed by atoms with E-state index in [0.29, 0.717) is 13.0 Å². The summed E-state index contributed by atoms with van der Waals surface area (Å²) in [5.41, 5.74) is 4.23. The van der Waals surface area contributed by atoms with Gasteiger partial charge in [0, 0.05) is 36.4 Å². The van der Waals surface area contributed by atoms with Crippen LogP contribution in [0.2, 0.25) is 0 Å². The Morgan fingerprint density at radius 2 is 1.51 bits per heavy atom. The lowest BCUT2D eigenvalue weighted by atomic mass is 10.0. The molecule has 3 aromatic rings. The van der Waals surface area contributed by atoms with E-state index < -0.39 is 0 Å². The Kier molecular flexibility index (Phi) is 11.9. The number of amides is 1. The SMILES string of the molecule is CCCCCCC(=O)NCCCSc1nc(-c2ccc(OC)cc2)c(-c2ccc(OC)cc2)n1CCC. The van der Waals surface area contributed by atoms with Gasteiger partial charge in [0.05, 0.1) is 25.6 Å². The highest BCUT2D eigenvalue weighted by atomic mass is 32.2. The third kappa shape index (κ3) is 8.29. The van der Waals surface area contributed by atoms with Crippen LogP contribution in [0, 0.1) is 0 Å². The highest BCUT2D eigenvalue weighted by Gasteiger charge is 2.20. The van der Waals surface area contributed by atoms with Gasteiger partial charge in [-0.1, -0.05) is 44.9 Å². The van der Waals surface area contributed by atoms with E-state index in [2.05, 4.69) is 48.0 Å². The summed E-state index contributed by atoms with van der Waals surface area (Å²) in [5, 5.41) is 4.08. The maximum atomic E-state index is 12.1. The molecule has 7 heteroatoms. The largest absolute Gasteiger partial charge is 0.497 e. The summed E-state index contributed by atoms with van der Waals surface area (Å²) < 4.78 is 13.1. The van der Waals surface area contributed by atoms with Crippen molar-refractivity contribution < 1.29 is 14.3 Å². The maximum Gasteiger partial charge on any atom is 0.219 e. The fourth-order valence-corrected chi connectivity index (χ4v) is 5.19. The van der Waals surface area contributed by atoms with Crippen molar-refractivity contribution in [2.75, 3.05) is 26.5 Å². The second-order valence-corrected chi connectivity index (χ2v) is 10.1. The van der Waals surface area contributed by atoms with Crippen molar-refractivity contribution in [3.05, 3.63) is 48.5 Å². The summed E-state index contributed by atoms with van der Waals surface area (Å²) in [6.07, 6.45) is 7.03. The van der Waals surface area contributed by atoms with Crippen LogP contribution in [0.15, 0.2) is 53.7 Å². The first-order chi connectivity index (χ1) is 18.1. The molecule has 2 aromatic carbocycles. The predicted octanol–water partition coefficient (Wildman–Crippen LogP) is 7.21. The summed E-state index contributed by atoms with van der Waals surface area (Å²) >= 11 is 1.75. The first kappa shape index (κ1) is 28.6. The minimum Gasteiger partial charge on any atom is -0.497 e. The molecule has 0 spiro atoms. The van der Waals surface area contributed by atoms with Crippen molar-refractivity contribution in [3.8, 4) is 34.0 Å². The maximum absolute atomic E-state index is 12.1. The van der Waals surface area contributed by atoms with Gasteiger partial charge in [0.25, 0.3) is 0 Å². The quantitative estimate of drug-likeness (QED) is 0.159. The van der Waals surface area contributed by atoms with Crippen molar-refractivity contribution in [3.63, 3.8) is 0 Å². The third-order valence-electron chi connectivity index (χ3n) is 6.24. The number of unbranched alkanes of at least 4 members (excludes halogenated alkanes) is 3. The number of nitrogens with zero attached hydrogens (tertiary/aromatic N) is 2. The zero-order chi connectivity index (χ0) is 26.5. The summed E-state index contributed by atoms with van der Waals surface area (Å²) in [5.74, 6) is 2.71. The molecule has 0 aliphatic heterocycles. The van der Waals surface area contributed by atoms with Gasteiger partial charge in [-0.2, -0.15) is 0 Å². The highest BCUT2D eigenvalue weighted by Crippen LogP contribution is 2.37. The number of ether oxygens (including phenoxy) is 2. The standard InChI is InChI=1S/C30H41N3O3S/c1-5-7-8-9-11-27(34)31-20-10-22-37-30-32-28(23-12-16-25(35-3)17-13-23)29(33(30)21-6-2)24-14-18-26(36-4)19-15-24/h12-19H,5-11,20-22H2,1-4H3,(H,31,34). The molecule has 0 radical (unpaired) electrons. The molecule has 1 amide bonds. The summed E-state index contributed by atoms with van der Waals surface area (Å²) in [6, 6.07) is 16.3. The molecular formula is C30H41N3O3S. The Morgan fingerprint density at radius 3 is 2.11 bits per heavy atom. The molecule has 0 bridgehead atoms. The highest BCUT2D eigenvalue weighted by molar-refractivity contribution is 7.99. The van der Waals surface area contributed by atoms with Crippen LogP contribution in [-0.2, 0) is 11.3 Å². The molecule has 0 saturated heterocycles. The number of rotatable bonds is 16. The summed E-state index contributed by atoms with van der Waals surface area (Å²) in [4.78, 5) is 17.2. The molecule has 0 aliphatic carbocycles. The lowest BCUT2D eigenvalue weighted by molar-refractivity contribution is -0.121. The van der Waals surface area contributed by atoms with E-state index in [-0.39, 0.29) is 5.91 Å². The van der Waals surface area contributed by atoms with Crippen LogP contribution >= 0.6 is 11.8 Å². The van der Waals surface area contributed by atoms with Crippen LogP contribution in [0.25, 0.3) is 22.5 Å². The molecule has 37 heavy (non-hydrogen) atoms. The van der Waals surface area contributed by atoms with Gasteiger partial charge in [-0.3, -0.25) is 4.79 Å². The molecule has 0 aliphatic rings. The van der Waals surface area contributed by atoms with E-state index in [1.807, 2.05) is 24.3 Å². The normalized spacial score (nSPS) is 10.9. The van der Waals surface area contributed by atoms with Crippen molar-refractivity contribution in [2.45, 2.75) is 70.5 Å². The zero-order valence-electron chi connectivity index (χ0n) is 22.7. The van der Waals surface area contributed by atoms with E-state index in [0.717, 1.165) is 77.2 Å². The van der Waals surface area contributed by atoms with E-state index in [1.165, 1.54) is 12.8 Å². The molecule has 3 rings (SSSR count). The van der Waals surface area contributed by atoms with Gasteiger partial charge in [0.15, 0.2) is 5.16 Å². The van der Waals surface area contributed by atoms with Gasteiger partial charge in [0.1, 0.15) is 11.5 Å². The van der Waals surface area contributed by atoms with E-state index in [1.54, 1.807) is 26.0 Å². The number of benzene rings is 2. The first-order valence-corrected chi connectivity index (χ1v) is 14.4. The van der Waals surface area contributed by atoms with Crippen LogP contribution < -0.4 is 14.8 Å². The second kappa shape index (κ2) is 15.4. The Bertz CT molecular complexity index is 1090. The van der Waals surface area contributed by atoms with Crippen molar-refractivity contribution in [1.29, 1.82) is 0 Å². The Hall–Kier alpha value is -2.93. The Morgan fingerprint density at radius 1 is 0.865 bits per heavy atom. The van der Waals surface area contributed by atoms with Gasteiger partial charge >= 0.3 is 0 Å². The second-order valence-electron chi connectivity index (χ2n) is 9.06. The summed E-state index contributed by atoms with van der Waals surface area (Å²) in [7, 11) is 3.36. The van der Waals surface area contributed by atoms with Crippen LogP contribution in [0.4, 0.5) is 0 Å². The number of methoxy groups -OCH3 is 2. The topological polar surface area (TPSA) is 65.4 Å². The monoisotopic (exact) mass is 523 g/mol. The third-order valence-corrected chi connectivity index (χ3v) is 7.30. The number of thioether (sulfide) groups is 1. The fourth-order valence-electron chi connectivity index (χ4n) is 4.23. The number of aromatic nitrogens is 2. The molecular weight excluding hydrogens is 482 g/mol. The van der Waals surface area contributed by atoms with Gasteiger partial charge in [0.2, 0.25) is 5.91 Å². The Labute approximate surface area is 226 Å². The number of imidazole rings is 1. The number of hydrogen-bond acceptors (Lipinski definition) is 5. The zero-order valence-corrected chi connectivity index (χ0v) is 23.5. The van der Waals surface area contributed by atoms with Gasteiger partial charge in [-0.25, -0.2) is 4.98 Å². The van der Waals surface area contributed by atoms with Crippen molar-refractivity contribution in [2.24, 2.45) is 0 Å². The molecule has 0 fully saturated rings. The van der Waals surface area contributed by atoms with Crippen molar-refractivity contribution in [1.82, 2.24) is 14.9 Å². The lowest BCUT2D eigenvalue weighted by Crippen LogP contribution is -2.24. The van der Waals surface area contributed by atoms with Crippen LogP contribution in [-0.4, -0.2) is 42.0 Å². The molecule has 1 aromatic heterocycles. The molecule has 6 nitrogen and oxygen atoms in total. The average molecular weight is 524 g/mol. The first-order valence-electron chi connectivity index (χ1n) is 13.4. The minimum atomic E-state index is 0.164. The molecule has 1 heterocycles. The van der Waals surface area contributed by atoms with E-state index in [4.69, 9.17) is 14.5 Å².